The first kappa shape index (κ1) is 13.1. The molecule has 1 heterocycles. The number of hydrogen-bond donors (Lipinski definition) is 1. The Balaban J connectivity index is 1.91. The van der Waals surface area contributed by atoms with Crippen molar-refractivity contribution in [2.75, 3.05) is 13.2 Å². The summed E-state index contributed by atoms with van der Waals surface area (Å²) in [4.78, 5) is 0. The summed E-state index contributed by atoms with van der Waals surface area (Å²) in [5.74, 6) is 0. The Kier molecular flexibility index (Phi) is 4.35. The quantitative estimate of drug-likeness (QED) is 0.864. The molecule has 1 aromatic rings. The van der Waals surface area contributed by atoms with E-state index in [1.165, 1.54) is 5.56 Å². The molecule has 1 saturated heterocycles. The fourth-order valence-corrected chi connectivity index (χ4v) is 2.29. The predicted molar refractivity (Wildman–Crippen MR) is 71.1 cm³/mol. The van der Waals surface area contributed by atoms with Crippen LogP contribution >= 0.6 is 0 Å². The van der Waals surface area contributed by atoms with Gasteiger partial charge in [0, 0.05) is 19.6 Å². The minimum atomic E-state index is -0.521. The highest BCUT2D eigenvalue weighted by molar-refractivity contribution is 5.21. The van der Waals surface area contributed by atoms with E-state index >= 15 is 0 Å². The molecule has 0 aliphatic carbocycles. The topological polar surface area (TPSA) is 45.0 Å². The second-order valence-corrected chi connectivity index (χ2v) is 5.12. The van der Waals surface area contributed by atoms with Crippen molar-refractivity contribution in [3.05, 3.63) is 35.9 Å². The molecule has 2 unspecified atom stereocenters. The number of benzene rings is 1. The molecule has 18 heavy (non-hydrogen) atoms. The molecule has 1 aromatic carbocycles. The van der Waals surface area contributed by atoms with Gasteiger partial charge in [0.25, 0.3) is 0 Å². The third-order valence-electron chi connectivity index (χ3n) is 3.39. The first-order chi connectivity index (χ1) is 8.72. The molecule has 3 heteroatoms. The molecule has 1 aliphatic rings. The van der Waals surface area contributed by atoms with E-state index in [0.717, 1.165) is 32.4 Å². The van der Waals surface area contributed by atoms with Gasteiger partial charge in [-0.15, -0.1) is 0 Å². The van der Waals surface area contributed by atoms with Gasteiger partial charge >= 0.3 is 0 Å². The first-order valence-corrected chi connectivity index (χ1v) is 6.54. The number of hydrogen-bond acceptors (Lipinski definition) is 3. The number of nitrogens with one attached hydrogen (secondary N) is 1. The van der Waals surface area contributed by atoms with Gasteiger partial charge in [0.15, 0.2) is 0 Å². The molecule has 0 radical (unpaired) electrons. The molecule has 3 nitrogen and oxygen atoms in total. The molecule has 0 amide bonds. The molecule has 0 saturated carbocycles. The van der Waals surface area contributed by atoms with Gasteiger partial charge in [-0.2, -0.15) is 5.26 Å². The second kappa shape index (κ2) is 5.99. The van der Waals surface area contributed by atoms with Crippen LogP contribution in [0.15, 0.2) is 30.3 Å². The average molecular weight is 244 g/mol. The minimum Gasteiger partial charge on any atom is -0.377 e. The molecule has 0 spiro atoms. The Labute approximate surface area is 109 Å². The molecule has 1 N–H and O–H groups in total. The van der Waals surface area contributed by atoms with E-state index < -0.39 is 5.54 Å². The van der Waals surface area contributed by atoms with Gasteiger partial charge in [-0.25, -0.2) is 0 Å². The molecule has 2 atom stereocenters. The Bertz CT molecular complexity index is 406. The molecule has 0 aromatic heterocycles. The van der Waals surface area contributed by atoms with Crippen molar-refractivity contribution in [2.45, 2.75) is 37.8 Å². The van der Waals surface area contributed by atoms with E-state index in [1.807, 2.05) is 25.1 Å². The zero-order valence-electron chi connectivity index (χ0n) is 10.9. The summed E-state index contributed by atoms with van der Waals surface area (Å²) in [5, 5.41) is 12.7. The standard InChI is InChI=1S/C15H20N2O/c1-15(12-16,10-13-6-3-2-4-7-13)17-11-14-8-5-9-18-14/h2-4,6-7,14,17H,5,8-11H2,1H3. The number of ether oxygens (including phenoxy) is 1. The van der Waals surface area contributed by atoms with Crippen LogP contribution in [0.25, 0.3) is 0 Å². The fourth-order valence-electron chi connectivity index (χ4n) is 2.29. The largest absolute Gasteiger partial charge is 0.377 e. The summed E-state index contributed by atoms with van der Waals surface area (Å²) < 4.78 is 5.57. The normalized spacial score (nSPS) is 22.3. The Morgan fingerprint density at radius 1 is 1.44 bits per heavy atom. The van der Waals surface area contributed by atoms with Gasteiger partial charge in [0.2, 0.25) is 0 Å². The Hall–Kier alpha value is -1.37. The maximum atomic E-state index is 9.37. The van der Waals surface area contributed by atoms with Crippen LogP contribution in [0.5, 0.6) is 0 Å². The summed E-state index contributed by atoms with van der Waals surface area (Å²) >= 11 is 0. The highest BCUT2D eigenvalue weighted by atomic mass is 16.5. The maximum absolute atomic E-state index is 9.37. The van der Waals surface area contributed by atoms with Crippen molar-refractivity contribution in [1.82, 2.24) is 5.32 Å². The Morgan fingerprint density at radius 2 is 2.22 bits per heavy atom. The van der Waals surface area contributed by atoms with Crippen molar-refractivity contribution >= 4 is 0 Å². The lowest BCUT2D eigenvalue weighted by atomic mass is 9.94. The molecular weight excluding hydrogens is 224 g/mol. The lowest BCUT2D eigenvalue weighted by Gasteiger charge is -2.25. The highest BCUT2D eigenvalue weighted by Crippen LogP contribution is 2.15. The van der Waals surface area contributed by atoms with E-state index in [9.17, 15) is 5.26 Å². The van der Waals surface area contributed by atoms with Crippen LogP contribution in [-0.4, -0.2) is 24.8 Å². The van der Waals surface area contributed by atoms with E-state index in [2.05, 4.69) is 23.5 Å². The van der Waals surface area contributed by atoms with Crippen molar-refractivity contribution < 1.29 is 4.74 Å². The number of rotatable bonds is 5. The average Bonchev–Trinajstić information content (AvgIpc) is 2.91. The van der Waals surface area contributed by atoms with Crippen LogP contribution in [0.1, 0.15) is 25.3 Å². The van der Waals surface area contributed by atoms with Gasteiger partial charge in [0.1, 0.15) is 5.54 Å². The summed E-state index contributed by atoms with van der Waals surface area (Å²) in [6, 6.07) is 12.5. The van der Waals surface area contributed by atoms with Gasteiger partial charge in [-0.3, -0.25) is 5.32 Å². The highest BCUT2D eigenvalue weighted by Gasteiger charge is 2.26. The summed E-state index contributed by atoms with van der Waals surface area (Å²) in [6.07, 6.45) is 3.22. The fraction of sp³-hybridized carbons (Fsp3) is 0.533. The smallest absolute Gasteiger partial charge is 0.108 e. The van der Waals surface area contributed by atoms with Crippen LogP contribution < -0.4 is 5.32 Å². The van der Waals surface area contributed by atoms with Gasteiger partial charge in [-0.05, 0) is 25.3 Å². The number of nitriles is 1. The van der Waals surface area contributed by atoms with Gasteiger partial charge in [0.05, 0.1) is 12.2 Å². The van der Waals surface area contributed by atoms with Gasteiger partial charge < -0.3 is 4.74 Å². The van der Waals surface area contributed by atoms with Crippen LogP contribution in [0.3, 0.4) is 0 Å². The molecule has 2 rings (SSSR count). The van der Waals surface area contributed by atoms with E-state index in [1.54, 1.807) is 0 Å². The first-order valence-electron chi connectivity index (χ1n) is 6.54. The lowest BCUT2D eigenvalue weighted by Crippen LogP contribution is -2.46. The van der Waals surface area contributed by atoms with Crippen molar-refractivity contribution in [3.8, 4) is 6.07 Å². The summed E-state index contributed by atoms with van der Waals surface area (Å²) in [6.45, 7) is 3.57. The summed E-state index contributed by atoms with van der Waals surface area (Å²) in [5.41, 5.74) is 0.661. The molecular formula is C15H20N2O. The summed E-state index contributed by atoms with van der Waals surface area (Å²) in [7, 11) is 0. The van der Waals surface area contributed by atoms with Crippen molar-refractivity contribution in [3.63, 3.8) is 0 Å². The minimum absolute atomic E-state index is 0.272. The lowest BCUT2D eigenvalue weighted by molar-refractivity contribution is 0.105. The van der Waals surface area contributed by atoms with E-state index in [-0.39, 0.29) is 6.10 Å². The van der Waals surface area contributed by atoms with Gasteiger partial charge in [-0.1, -0.05) is 30.3 Å². The van der Waals surface area contributed by atoms with Crippen molar-refractivity contribution in [2.24, 2.45) is 0 Å². The van der Waals surface area contributed by atoms with Crippen LogP contribution in [0, 0.1) is 11.3 Å². The Morgan fingerprint density at radius 3 is 2.83 bits per heavy atom. The molecule has 96 valence electrons. The van der Waals surface area contributed by atoms with Crippen LogP contribution in [0.4, 0.5) is 0 Å². The zero-order chi connectivity index (χ0) is 12.8. The van der Waals surface area contributed by atoms with Crippen LogP contribution in [0.2, 0.25) is 0 Å². The van der Waals surface area contributed by atoms with E-state index in [0.29, 0.717) is 0 Å². The SMILES string of the molecule is CC(C#N)(Cc1ccccc1)NCC1CCCO1. The van der Waals surface area contributed by atoms with Crippen molar-refractivity contribution in [1.29, 1.82) is 5.26 Å². The second-order valence-electron chi connectivity index (χ2n) is 5.12. The third kappa shape index (κ3) is 3.56. The molecule has 0 bridgehead atoms. The van der Waals surface area contributed by atoms with E-state index in [4.69, 9.17) is 4.74 Å². The molecule has 1 fully saturated rings. The predicted octanol–water partition coefficient (Wildman–Crippen LogP) is 2.28. The monoisotopic (exact) mass is 244 g/mol. The third-order valence-corrected chi connectivity index (χ3v) is 3.39. The molecule has 1 aliphatic heterocycles. The number of nitrogens with zero attached hydrogens (tertiary/aromatic N) is 1. The van der Waals surface area contributed by atoms with Crippen LogP contribution in [-0.2, 0) is 11.2 Å². The zero-order valence-corrected chi connectivity index (χ0v) is 10.9. The maximum Gasteiger partial charge on any atom is 0.108 e.